The van der Waals surface area contributed by atoms with E-state index in [9.17, 15) is 14.7 Å². The lowest BCUT2D eigenvalue weighted by Crippen LogP contribution is -2.41. The third-order valence-corrected chi connectivity index (χ3v) is 3.36. The molecule has 0 aliphatic rings. The molecule has 3 aromatic rings. The second-order valence-electron chi connectivity index (χ2n) is 5.15. The number of nitrogens with zero attached hydrogens (tertiary/aromatic N) is 2. The molecule has 8 heteroatoms. The number of phenols is 1. The summed E-state index contributed by atoms with van der Waals surface area (Å²) in [7, 11) is 0. The molecular weight excluding hydrogens is 324 g/mol. The van der Waals surface area contributed by atoms with Crippen LogP contribution in [0.5, 0.6) is 5.75 Å². The molecule has 0 saturated carbocycles. The van der Waals surface area contributed by atoms with Crippen molar-refractivity contribution in [3.8, 4) is 17.2 Å². The van der Waals surface area contributed by atoms with Crippen LogP contribution in [0.4, 0.5) is 0 Å². The maximum atomic E-state index is 12.1. The summed E-state index contributed by atoms with van der Waals surface area (Å²) in [5.74, 6) is -0.420. The summed E-state index contributed by atoms with van der Waals surface area (Å²) in [6, 6.07) is 12.5. The number of carbonyl (C=O) groups is 2. The number of rotatable bonds is 3. The zero-order valence-corrected chi connectivity index (χ0v) is 13.2. The number of para-hydroxylation sites is 1. The Hall–Kier alpha value is -3.68. The fraction of sp³-hybridized carbons (Fsp3) is 0.0588. The Bertz CT molecular complexity index is 918. The Labute approximate surface area is 142 Å². The van der Waals surface area contributed by atoms with Crippen molar-refractivity contribution in [2.45, 2.75) is 6.92 Å². The molecule has 8 nitrogen and oxygen atoms in total. The monoisotopic (exact) mass is 338 g/mol. The van der Waals surface area contributed by atoms with Crippen molar-refractivity contribution in [3.63, 3.8) is 0 Å². The number of hydrogen-bond donors (Lipinski definition) is 3. The van der Waals surface area contributed by atoms with Crippen molar-refractivity contribution in [3.05, 3.63) is 65.5 Å². The van der Waals surface area contributed by atoms with Crippen LogP contribution < -0.4 is 10.9 Å². The predicted molar refractivity (Wildman–Crippen MR) is 87.5 cm³/mol. The van der Waals surface area contributed by atoms with Gasteiger partial charge in [-0.3, -0.25) is 20.4 Å². The van der Waals surface area contributed by atoms with Gasteiger partial charge >= 0.3 is 0 Å². The molecule has 2 amide bonds. The van der Waals surface area contributed by atoms with Gasteiger partial charge in [0.15, 0.2) is 5.82 Å². The second-order valence-corrected chi connectivity index (χ2v) is 5.15. The van der Waals surface area contributed by atoms with Gasteiger partial charge in [0.2, 0.25) is 0 Å². The number of aryl methyl sites for hydroxylation is 1. The van der Waals surface area contributed by atoms with Gasteiger partial charge in [-0.2, -0.15) is 4.98 Å². The summed E-state index contributed by atoms with van der Waals surface area (Å²) in [6.45, 7) is 1.71. The number of aromatic nitrogens is 2. The Kier molecular flexibility index (Phi) is 4.42. The topological polar surface area (TPSA) is 117 Å². The van der Waals surface area contributed by atoms with Crippen LogP contribution in [-0.2, 0) is 0 Å². The Morgan fingerprint density at radius 2 is 1.68 bits per heavy atom. The van der Waals surface area contributed by atoms with Crippen LogP contribution in [0, 0.1) is 6.92 Å². The van der Waals surface area contributed by atoms with Crippen LogP contribution in [0.25, 0.3) is 11.5 Å². The Morgan fingerprint density at radius 1 is 1.00 bits per heavy atom. The third-order valence-electron chi connectivity index (χ3n) is 3.36. The second kappa shape index (κ2) is 6.83. The smallest absolute Gasteiger partial charge is 0.273 e. The lowest BCUT2D eigenvalue weighted by Gasteiger charge is -2.08. The molecule has 0 atom stereocenters. The van der Waals surface area contributed by atoms with Gasteiger partial charge in [-0.1, -0.05) is 17.3 Å². The van der Waals surface area contributed by atoms with E-state index in [2.05, 4.69) is 21.0 Å². The Morgan fingerprint density at radius 3 is 2.32 bits per heavy atom. The van der Waals surface area contributed by atoms with Gasteiger partial charge in [-0.05, 0) is 43.3 Å². The lowest BCUT2D eigenvalue weighted by molar-refractivity contribution is 0.0845. The molecule has 3 N–H and O–H groups in total. The van der Waals surface area contributed by atoms with Gasteiger partial charge in [0.25, 0.3) is 17.7 Å². The standard InChI is InChI=1S/C17H14N4O4/c1-10-18-17(25-21-10)12-8-6-11(7-9-12)15(23)19-20-16(24)13-4-2-3-5-14(13)22/h2-9,22H,1H3,(H,19,23)(H,20,24). The molecule has 0 aliphatic carbocycles. The summed E-state index contributed by atoms with van der Waals surface area (Å²) in [6.07, 6.45) is 0. The highest BCUT2D eigenvalue weighted by molar-refractivity contribution is 6.00. The Balaban J connectivity index is 1.63. The van der Waals surface area contributed by atoms with Gasteiger partial charge < -0.3 is 9.63 Å². The molecule has 1 aromatic heterocycles. The van der Waals surface area contributed by atoms with Crippen molar-refractivity contribution in [2.75, 3.05) is 0 Å². The zero-order chi connectivity index (χ0) is 17.8. The number of hydrazine groups is 1. The van der Waals surface area contributed by atoms with Crippen LogP contribution in [0.1, 0.15) is 26.5 Å². The summed E-state index contributed by atoms with van der Waals surface area (Å²) < 4.78 is 5.05. The zero-order valence-electron chi connectivity index (χ0n) is 13.2. The first-order chi connectivity index (χ1) is 12.0. The van der Waals surface area contributed by atoms with Crippen molar-refractivity contribution in [1.29, 1.82) is 0 Å². The van der Waals surface area contributed by atoms with Crippen molar-refractivity contribution in [1.82, 2.24) is 21.0 Å². The van der Waals surface area contributed by atoms with Gasteiger partial charge in [0.05, 0.1) is 5.56 Å². The molecular formula is C17H14N4O4. The number of carbonyl (C=O) groups excluding carboxylic acids is 2. The number of phenolic OH excluding ortho intramolecular Hbond substituents is 1. The number of aromatic hydroxyl groups is 1. The van der Waals surface area contributed by atoms with E-state index in [4.69, 9.17) is 4.52 Å². The predicted octanol–water partition coefficient (Wildman–Crippen LogP) is 1.83. The molecule has 0 saturated heterocycles. The van der Waals surface area contributed by atoms with E-state index < -0.39 is 11.8 Å². The fourth-order valence-corrected chi connectivity index (χ4v) is 2.10. The molecule has 25 heavy (non-hydrogen) atoms. The van der Waals surface area contributed by atoms with E-state index in [0.717, 1.165) is 0 Å². The third kappa shape index (κ3) is 3.63. The average molecular weight is 338 g/mol. The van der Waals surface area contributed by atoms with E-state index in [0.29, 0.717) is 22.8 Å². The van der Waals surface area contributed by atoms with Gasteiger partial charge in [-0.15, -0.1) is 0 Å². The molecule has 0 fully saturated rings. The number of benzene rings is 2. The van der Waals surface area contributed by atoms with Crippen molar-refractivity contribution >= 4 is 11.8 Å². The summed E-state index contributed by atoms with van der Waals surface area (Å²) in [5, 5.41) is 13.3. The quantitative estimate of drug-likeness (QED) is 0.627. The largest absolute Gasteiger partial charge is 0.507 e. The molecule has 0 radical (unpaired) electrons. The van der Waals surface area contributed by atoms with E-state index in [1.807, 2.05) is 0 Å². The van der Waals surface area contributed by atoms with Crippen molar-refractivity contribution in [2.24, 2.45) is 0 Å². The van der Waals surface area contributed by atoms with Gasteiger partial charge in [0, 0.05) is 11.1 Å². The average Bonchev–Trinajstić information content (AvgIpc) is 3.06. The molecule has 2 aromatic carbocycles. The first kappa shape index (κ1) is 16.2. The number of amides is 2. The van der Waals surface area contributed by atoms with Crippen molar-refractivity contribution < 1.29 is 19.2 Å². The van der Waals surface area contributed by atoms with Gasteiger partial charge in [-0.25, -0.2) is 0 Å². The maximum Gasteiger partial charge on any atom is 0.273 e. The molecule has 3 rings (SSSR count). The SMILES string of the molecule is Cc1noc(-c2ccc(C(=O)NNC(=O)c3ccccc3O)cc2)n1. The van der Waals surface area contributed by atoms with Crippen LogP contribution in [-0.4, -0.2) is 27.1 Å². The minimum atomic E-state index is -0.621. The minimum absolute atomic E-state index is 0.0601. The lowest BCUT2D eigenvalue weighted by atomic mass is 10.1. The van der Waals surface area contributed by atoms with Crippen LogP contribution in [0.3, 0.4) is 0 Å². The molecule has 0 bridgehead atoms. The first-order valence-corrected chi connectivity index (χ1v) is 7.34. The first-order valence-electron chi connectivity index (χ1n) is 7.34. The van der Waals surface area contributed by atoms with Gasteiger partial charge in [0.1, 0.15) is 5.75 Å². The van der Waals surface area contributed by atoms with Crippen LogP contribution >= 0.6 is 0 Å². The molecule has 0 spiro atoms. The normalized spacial score (nSPS) is 10.3. The highest BCUT2D eigenvalue weighted by Gasteiger charge is 2.13. The highest BCUT2D eigenvalue weighted by Crippen LogP contribution is 2.17. The van der Waals surface area contributed by atoms with E-state index in [-0.39, 0.29) is 11.3 Å². The maximum absolute atomic E-state index is 12.1. The number of hydrogen-bond acceptors (Lipinski definition) is 6. The molecule has 126 valence electrons. The summed E-state index contributed by atoms with van der Waals surface area (Å²) >= 11 is 0. The number of nitrogens with one attached hydrogen (secondary N) is 2. The van der Waals surface area contributed by atoms with E-state index >= 15 is 0 Å². The van der Waals surface area contributed by atoms with E-state index in [1.165, 1.54) is 12.1 Å². The molecule has 0 unspecified atom stereocenters. The summed E-state index contributed by atoms with van der Waals surface area (Å²) in [5.41, 5.74) is 5.60. The highest BCUT2D eigenvalue weighted by atomic mass is 16.5. The van der Waals surface area contributed by atoms with Crippen LogP contribution in [0.2, 0.25) is 0 Å². The minimum Gasteiger partial charge on any atom is -0.507 e. The molecule has 0 aliphatic heterocycles. The van der Waals surface area contributed by atoms with E-state index in [1.54, 1.807) is 43.3 Å². The van der Waals surface area contributed by atoms with Crippen LogP contribution in [0.15, 0.2) is 53.1 Å². The fourth-order valence-electron chi connectivity index (χ4n) is 2.10. The summed E-state index contributed by atoms with van der Waals surface area (Å²) in [4.78, 5) is 28.1. The molecule has 1 heterocycles.